The summed E-state index contributed by atoms with van der Waals surface area (Å²) in [4.78, 5) is 26.1. The Morgan fingerprint density at radius 2 is 1.68 bits per heavy atom. The van der Waals surface area contributed by atoms with Crippen LogP contribution in [0.3, 0.4) is 0 Å². The maximum Gasteiger partial charge on any atom is 0.328 e. The van der Waals surface area contributed by atoms with Gasteiger partial charge in [-0.3, -0.25) is 4.79 Å². The number of rotatable bonds is 11. The first kappa shape index (κ1) is 19.0. The van der Waals surface area contributed by atoms with Gasteiger partial charge in [-0.2, -0.15) is 0 Å². The van der Waals surface area contributed by atoms with Crippen LogP contribution in [0, 0.1) is 0 Å². The van der Waals surface area contributed by atoms with E-state index in [1.54, 1.807) is 4.90 Å². The summed E-state index contributed by atoms with van der Waals surface area (Å²) >= 11 is 0. The van der Waals surface area contributed by atoms with E-state index in [0.717, 1.165) is 44.9 Å². The zero-order chi connectivity index (χ0) is 16.2. The van der Waals surface area contributed by atoms with Crippen LogP contribution in [0.5, 0.6) is 0 Å². The first-order valence-electron chi connectivity index (χ1n) is 9.16. The normalized spacial score (nSPS) is 17.7. The molecular weight excluding hydrogens is 278 g/mol. The first-order chi connectivity index (χ1) is 10.7. The minimum absolute atomic E-state index is 0.121. The number of unbranched alkanes of at least 4 members (excludes halogenated alkanes) is 6. The quantitative estimate of drug-likeness (QED) is 0.427. The highest BCUT2D eigenvalue weighted by Gasteiger charge is 2.34. The Kier molecular flexibility index (Phi) is 9.93. The Morgan fingerprint density at radius 3 is 2.41 bits per heavy atom. The molecule has 0 aromatic heterocycles. The zero-order valence-corrected chi connectivity index (χ0v) is 14.4. The molecule has 1 saturated heterocycles. The van der Waals surface area contributed by atoms with Crippen molar-refractivity contribution in [3.05, 3.63) is 0 Å². The molecule has 4 nitrogen and oxygen atoms in total. The molecule has 128 valence electrons. The molecule has 1 rings (SSSR count). The van der Waals surface area contributed by atoms with Crippen molar-refractivity contribution in [3.8, 4) is 0 Å². The predicted octanol–water partition coefficient (Wildman–Crippen LogP) is 4.07. The summed E-state index contributed by atoms with van der Waals surface area (Å²) in [6.07, 6.45) is 11.1. The molecule has 1 unspecified atom stereocenters. The molecule has 4 heteroatoms. The first-order valence-corrected chi connectivity index (χ1v) is 9.16. The van der Waals surface area contributed by atoms with Crippen LogP contribution in [0.25, 0.3) is 0 Å². The van der Waals surface area contributed by atoms with Crippen LogP contribution in [0.1, 0.15) is 84.5 Å². The molecule has 0 aliphatic carbocycles. The standard InChI is InChI=1S/C18H33NO3/c1-3-5-7-8-10-15-22-18(21)16-12-11-14-19(16)17(20)13-9-6-4-2/h16H,3-15H2,1-2H3. The molecule has 1 fully saturated rings. The second-order valence-electron chi connectivity index (χ2n) is 6.28. The van der Waals surface area contributed by atoms with Gasteiger partial charge in [0.05, 0.1) is 6.61 Å². The average molecular weight is 311 g/mol. The minimum Gasteiger partial charge on any atom is -0.464 e. The van der Waals surface area contributed by atoms with Gasteiger partial charge in [0.2, 0.25) is 5.91 Å². The number of ether oxygens (including phenoxy) is 1. The van der Waals surface area contributed by atoms with Gasteiger partial charge < -0.3 is 9.64 Å². The van der Waals surface area contributed by atoms with Crippen molar-refractivity contribution in [3.63, 3.8) is 0 Å². The highest BCUT2D eigenvalue weighted by Crippen LogP contribution is 2.20. The van der Waals surface area contributed by atoms with Gasteiger partial charge in [0.25, 0.3) is 0 Å². The van der Waals surface area contributed by atoms with Crippen molar-refractivity contribution in [2.45, 2.75) is 90.5 Å². The van der Waals surface area contributed by atoms with Gasteiger partial charge in [-0.15, -0.1) is 0 Å². The maximum absolute atomic E-state index is 12.2. The fourth-order valence-corrected chi connectivity index (χ4v) is 2.95. The summed E-state index contributed by atoms with van der Waals surface area (Å²) in [5.41, 5.74) is 0. The number of hydrogen-bond acceptors (Lipinski definition) is 3. The van der Waals surface area contributed by atoms with E-state index < -0.39 is 0 Å². The van der Waals surface area contributed by atoms with Gasteiger partial charge in [0.1, 0.15) is 6.04 Å². The molecule has 0 N–H and O–H groups in total. The summed E-state index contributed by atoms with van der Waals surface area (Å²) in [6, 6.07) is -0.329. The van der Waals surface area contributed by atoms with Crippen molar-refractivity contribution in [1.29, 1.82) is 0 Å². The SMILES string of the molecule is CCCCCCCOC(=O)C1CCCN1C(=O)CCCCC. The van der Waals surface area contributed by atoms with Crippen molar-refractivity contribution in [2.75, 3.05) is 13.2 Å². The van der Waals surface area contributed by atoms with E-state index in [1.807, 2.05) is 0 Å². The van der Waals surface area contributed by atoms with E-state index in [2.05, 4.69) is 13.8 Å². The lowest BCUT2D eigenvalue weighted by Gasteiger charge is -2.23. The number of carbonyl (C=O) groups excluding carboxylic acids is 2. The summed E-state index contributed by atoms with van der Waals surface area (Å²) in [5.74, 6) is -0.0762. The number of nitrogens with zero attached hydrogens (tertiary/aromatic N) is 1. The molecule has 1 aliphatic heterocycles. The number of hydrogen-bond donors (Lipinski definition) is 0. The average Bonchev–Trinajstić information content (AvgIpc) is 3.00. The Balaban J connectivity index is 2.26. The van der Waals surface area contributed by atoms with Crippen LogP contribution in [0.15, 0.2) is 0 Å². The number of amides is 1. The lowest BCUT2D eigenvalue weighted by molar-refractivity contribution is -0.153. The van der Waals surface area contributed by atoms with Crippen molar-refractivity contribution >= 4 is 11.9 Å². The summed E-state index contributed by atoms with van der Waals surface area (Å²) < 4.78 is 5.38. The molecule has 22 heavy (non-hydrogen) atoms. The monoisotopic (exact) mass is 311 g/mol. The molecular formula is C18H33NO3. The second-order valence-corrected chi connectivity index (χ2v) is 6.28. The fraction of sp³-hybridized carbons (Fsp3) is 0.889. The zero-order valence-electron chi connectivity index (χ0n) is 14.4. The molecule has 0 aromatic carbocycles. The summed E-state index contributed by atoms with van der Waals surface area (Å²) in [7, 11) is 0. The number of likely N-dealkylation sites (tertiary alicyclic amines) is 1. The second kappa shape index (κ2) is 11.5. The lowest BCUT2D eigenvalue weighted by atomic mass is 10.1. The molecule has 0 spiro atoms. The molecule has 0 bridgehead atoms. The van der Waals surface area contributed by atoms with Crippen LogP contribution in [-0.4, -0.2) is 36.0 Å². The van der Waals surface area contributed by atoms with Gasteiger partial charge in [0.15, 0.2) is 0 Å². The number of carbonyl (C=O) groups is 2. The topological polar surface area (TPSA) is 46.6 Å². The Hall–Kier alpha value is -1.06. The highest BCUT2D eigenvalue weighted by atomic mass is 16.5. The van der Waals surface area contributed by atoms with E-state index >= 15 is 0 Å². The molecule has 0 radical (unpaired) electrons. The molecule has 0 aromatic rings. The molecule has 1 heterocycles. The third kappa shape index (κ3) is 6.80. The van der Waals surface area contributed by atoms with Gasteiger partial charge in [0, 0.05) is 13.0 Å². The maximum atomic E-state index is 12.2. The smallest absolute Gasteiger partial charge is 0.328 e. The Labute approximate surface area is 135 Å². The van der Waals surface area contributed by atoms with Crippen molar-refractivity contribution in [1.82, 2.24) is 4.90 Å². The largest absolute Gasteiger partial charge is 0.464 e. The van der Waals surface area contributed by atoms with Crippen LogP contribution >= 0.6 is 0 Å². The molecule has 0 saturated carbocycles. The molecule has 1 atom stereocenters. The predicted molar refractivity (Wildman–Crippen MR) is 88.6 cm³/mol. The van der Waals surface area contributed by atoms with E-state index in [1.165, 1.54) is 19.3 Å². The fourth-order valence-electron chi connectivity index (χ4n) is 2.95. The molecule has 1 amide bonds. The lowest BCUT2D eigenvalue weighted by Crippen LogP contribution is -2.41. The van der Waals surface area contributed by atoms with Crippen molar-refractivity contribution < 1.29 is 14.3 Å². The van der Waals surface area contributed by atoms with Gasteiger partial charge in [-0.25, -0.2) is 4.79 Å². The summed E-state index contributed by atoms with van der Waals surface area (Å²) in [5, 5.41) is 0. The third-order valence-electron chi connectivity index (χ3n) is 4.33. The van der Waals surface area contributed by atoms with Crippen LogP contribution in [0.4, 0.5) is 0 Å². The van der Waals surface area contributed by atoms with Gasteiger partial charge in [-0.1, -0.05) is 52.4 Å². The van der Waals surface area contributed by atoms with Gasteiger partial charge >= 0.3 is 5.97 Å². The van der Waals surface area contributed by atoms with Crippen LogP contribution < -0.4 is 0 Å². The van der Waals surface area contributed by atoms with Crippen LogP contribution in [0.2, 0.25) is 0 Å². The van der Waals surface area contributed by atoms with E-state index in [9.17, 15) is 9.59 Å². The van der Waals surface area contributed by atoms with E-state index in [0.29, 0.717) is 19.6 Å². The van der Waals surface area contributed by atoms with Gasteiger partial charge in [-0.05, 0) is 25.7 Å². The minimum atomic E-state index is -0.329. The number of esters is 1. The Morgan fingerprint density at radius 1 is 1.00 bits per heavy atom. The van der Waals surface area contributed by atoms with E-state index in [4.69, 9.17) is 4.74 Å². The van der Waals surface area contributed by atoms with E-state index in [-0.39, 0.29) is 17.9 Å². The van der Waals surface area contributed by atoms with Crippen LogP contribution in [-0.2, 0) is 14.3 Å². The highest BCUT2D eigenvalue weighted by molar-refractivity contribution is 5.85. The third-order valence-corrected chi connectivity index (χ3v) is 4.33. The summed E-state index contributed by atoms with van der Waals surface area (Å²) in [6.45, 7) is 5.52. The Bertz CT molecular complexity index is 330. The van der Waals surface area contributed by atoms with Crippen molar-refractivity contribution in [2.24, 2.45) is 0 Å². The molecule has 1 aliphatic rings.